The second-order valence-electron chi connectivity index (χ2n) is 7.74. The van der Waals surface area contributed by atoms with Crippen LogP contribution in [0, 0.1) is 24.0 Å². The van der Waals surface area contributed by atoms with E-state index in [4.69, 9.17) is 9.72 Å². The number of esters is 1. The number of rotatable bonds is 6. The molecule has 0 aliphatic rings. The van der Waals surface area contributed by atoms with Gasteiger partial charge in [0.25, 0.3) is 5.69 Å². The number of benzene rings is 3. The van der Waals surface area contributed by atoms with E-state index in [-0.39, 0.29) is 11.3 Å². The van der Waals surface area contributed by atoms with Crippen LogP contribution >= 0.6 is 0 Å². The van der Waals surface area contributed by atoms with E-state index in [2.05, 4.69) is 0 Å². The summed E-state index contributed by atoms with van der Waals surface area (Å²) in [5.41, 5.74) is 4.63. The molecular weight excluding hydrogens is 420 g/mol. The van der Waals surface area contributed by atoms with Crippen molar-refractivity contribution in [2.24, 2.45) is 0 Å². The van der Waals surface area contributed by atoms with Crippen LogP contribution in [-0.4, -0.2) is 28.3 Å². The molecule has 0 fully saturated rings. The third kappa shape index (κ3) is 4.77. The fraction of sp³-hybridized carbons (Fsp3) is 0.115. The molecule has 4 rings (SSSR count). The standard InChI is InChI=1S/C26H20N2O5/c1-16-3-6-18(7-4-16)24-14-22(21-13-17(2)5-12-23(21)27-24)26(30)33-15-25(29)19-8-10-20(11-9-19)28(31)32/h3-14H,15H2,1-2H3. The van der Waals surface area contributed by atoms with Gasteiger partial charge in [0, 0.05) is 28.6 Å². The first-order valence-electron chi connectivity index (χ1n) is 10.2. The van der Waals surface area contributed by atoms with Gasteiger partial charge in [0.2, 0.25) is 0 Å². The number of fused-ring (bicyclic) bond motifs is 1. The smallest absolute Gasteiger partial charge is 0.339 e. The minimum absolute atomic E-state index is 0.120. The zero-order valence-electron chi connectivity index (χ0n) is 18.1. The first kappa shape index (κ1) is 21.8. The van der Waals surface area contributed by atoms with E-state index in [9.17, 15) is 19.7 Å². The number of ether oxygens (including phenoxy) is 1. The maximum absolute atomic E-state index is 13.0. The minimum atomic E-state index is -0.642. The average Bonchev–Trinajstić information content (AvgIpc) is 2.82. The van der Waals surface area contributed by atoms with Crippen molar-refractivity contribution in [3.63, 3.8) is 0 Å². The Kier molecular flexibility index (Phi) is 5.95. The number of pyridine rings is 1. The highest BCUT2D eigenvalue weighted by Crippen LogP contribution is 2.27. The van der Waals surface area contributed by atoms with Gasteiger partial charge in [-0.15, -0.1) is 0 Å². The quantitative estimate of drug-likeness (QED) is 0.171. The number of carbonyl (C=O) groups is 2. The van der Waals surface area contributed by atoms with Crippen molar-refractivity contribution >= 4 is 28.3 Å². The second-order valence-corrected chi connectivity index (χ2v) is 7.74. The molecule has 0 radical (unpaired) electrons. The molecule has 0 bridgehead atoms. The Morgan fingerprint density at radius 1 is 0.909 bits per heavy atom. The third-order valence-corrected chi connectivity index (χ3v) is 5.27. The van der Waals surface area contributed by atoms with Crippen molar-refractivity contribution in [1.29, 1.82) is 0 Å². The van der Waals surface area contributed by atoms with Crippen LogP contribution in [0.4, 0.5) is 5.69 Å². The lowest BCUT2D eigenvalue weighted by molar-refractivity contribution is -0.384. The van der Waals surface area contributed by atoms with Gasteiger partial charge in [-0.25, -0.2) is 9.78 Å². The Morgan fingerprint density at radius 3 is 2.24 bits per heavy atom. The van der Waals surface area contributed by atoms with Crippen LogP contribution in [0.3, 0.4) is 0 Å². The van der Waals surface area contributed by atoms with Gasteiger partial charge in [0.1, 0.15) is 0 Å². The first-order chi connectivity index (χ1) is 15.8. The van der Waals surface area contributed by atoms with Crippen molar-refractivity contribution in [3.05, 3.63) is 105 Å². The number of aryl methyl sites for hydroxylation is 2. The molecule has 0 N–H and O–H groups in total. The zero-order chi connectivity index (χ0) is 23.5. The van der Waals surface area contributed by atoms with Crippen LogP contribution in [0.2, 0.25) is 0 Å². The molecule has 1 aromatic heterocycles. The van der Waals surface area contributed by atoms with E-state index in [1.165, 1.54) is 24.3 Å². The van der Waals surface area contributed by atoms with Crippen molar-refractivity contribution in [2.75, 3.05) is 6.61 Å². The Labute approximate surface area is 189 Å². The summed E-state index contributed by atoms with van der Waals surface area (Å²) in [6, 6.07) is 20.3. The van der Waals surface area contributed by atoms with Gasteiger partial charge in [0.05, 0.1) is 21.7 Å². The van der Waals surface area contributed by atoms with Crippen LogP contribution in [0.25, 0.3) is 22.2 Å². The monoisotopic (exact) mass is 440 g/mol. The van der Waals surface area contributed by atoms with Gasteiger partial charge in [-0.2, -0.15) is 0 Å². The molecule has 7 nitrogen and oxygen atoms in total. The molecule has 1 heterocycles. The Morgan fingerprint density at radius 2 is 1.58 bits per heavy atom. The summed E-state index contributed by atoms with van der Waals surface area (Å²) >= 11 is 0. The molecule has 0 saturated carbocycles. The van der Waals surface area contributed by atoms with Gasteiger partial charge in [-0.3, -0.25) is 14.9 Å². The number of hydrogen-bond acceptors (Lipinski definition) is 6. The molecule has 0 aliphatic carbocycles. The van der Waals surface area contributed by atoms with Crippen molar-refractivity contribution < 1.29 is 19.2 Å². The predicted molar refractivity (Wildman–Crippen MR) is 124 cm³/mol. The van der Waals surface area contributed by atoms with Gasteiger partial charge in [0.15, 0.2) is 12.4 Å². The number of carbonyl (C=O) groups excluding carboxylic acids is 2. The molecule has 3 aromatic carbocycles. The lowest BCUT2D eigenvalue weighted by Crippen LogP contribution is -2.15. The van der Waals surface area contributed by atoms with Crippen molar-refractivity contribution in [1.82, 2.24) is 4.98 Å². The van der Waals surface area contributed by atoms with E-state index in [0.29, 0.717) is 22.2 Å². The summed E-state index contributed by atoms with van der Waals surface area (Å²) in [7, 11) is 0. The van der Waals surface area contributed by atoms with E-state index >= 15 is 0 Å². The number of Topliss-reactive ketones (excluding diaryl/α,β-unsaturated/α-hetero) is 1. The summed E-state index contributed by atoms with van der Waals surface area (Å²) in [5.74, 6) is -1.09. The summed E-state index contributed by atoms with van der Waals surface area (Å²) < 4.78 is 5.33. The number of hydrogen-bond donors (Lipinski definition) is 0. The molecule has 0 atom stereocenters. The molecule has 0 spiro atoms. The molecule has 0 saturated heterocycles. The summed E-state index contributed by atoms with van der Waals surface area (Å²) in [6.45, 7) is 3.43. The van der Waals surface area contributed by atoms with Crippen LogP contribution < -0.4 is 0 Å². The first-order valence-corrected chi connectivity index (χ1v) is 10.2. The second kappa shape index (κ2) is 9.00. The molecule has 164 valence electrons. The molecule has 0 aliphatic heterocycles. The SMILES string of the molecule is Cc1ccc(-c2cc(C(=O)OCC(=O)c3ccc([N+](=O)[O-])cc3)c3cc(C)ccc3n2)cc1. The van der Waals surface area contributed by atoms with Crippen molar-refractivity contribution in [2.45, 2.75) is 13.8 Å². The largest absolute Gasteiger partial charge is 0.454 e. The van der Waals surface area contributed by atoms with Gasteiger partial charge >= 0.3 is 5.97 Å². The highest BCUT2D eigenvalue weighted by Gasteiger charge is 2.18. The van der Waals surface area contributed by atoms with Crippen LogP contribution in [-0.2, 0) is 4.74 Å². The van der Waals surface area contributed by atoms with Crippen LogP contribution in [0.15, 0.2) is 72.8 Å². The molecule has 7 heteroatoms. The molecular formula is C26H20N2O5. The maximum Gasteiger partial charge on any atom is 0.339 e. The highest BCUT2D eigenvalue weighted by atomic mass is 16.6. The van der Waals surface area contributed by atoms with Crippen molar-refractivity contribution in [3.8, 4) is 11.3 Å². The summed E-state index contributed by atoms with van der Waals surface area (Å²) in [5, 5.41) is 11.4. The number of nitrogens with zero attached hydrogens (tertiary/aromatic N) is 2. The number of non-ortho nitro benzene ring substituents is 1. The minimum Gasteiger partial charge on any atom is -0.454 e. The summed E-state index contributed by atoms with van der Waals surface area (Å²) in [6.07, 6.45) is 0. The molecule has 0 amide bonds. The van der Waals surface area contributed by atoms with Gasteiger partial charge < -0.3 is 4.74 Å². The normalized spacial score (nSPS) is 10.7. The molecule has 0 unspecified atom stereocenters. The number of nitro groups is 1. The fourth-order valence-electron chi connectivity index (χ4n) is 3.44. The lowest BCUT2D eigenvalue weighted by Gasteiger charge is -2.11. The number of aromatic nitrogens is 1. The van der Waals surface area contributed by atoms with E-state index in [0.717, 1.165) is 16.7 Å². The maximum atomic E-state index is 13.0. The fourth-order valence-corrected chi connectivity index (χ4v) is 3.44. The highest BCUT2D eigenvalue weighted by molar-refractivity contribution is 6.06. The van der Waals surface area contributed by atoms with Gasteiger partial charge in [-0.1, -0.05) is 41.5 Å². The Bertz CT molecular complexity index is 1380. The lowest BCUT2D eigenvalue weighted by atomic mass is 10.0. The van der Waals surface area contributed by atoms with Crippen LogP contribution in [0.5, 0.6) is 0 Å². The topological polar surface area (TPSA) is 99.4 Å². The predicted octanol–water partition coefficient (Wildman–Crippen LogP) is 5.47. The Hall–Kier alpha value is -4.39. The molecule has 33 heavy (non-hydrogen) atoms. The van der Waals surface area contributed by atoms with E-state index < -0.39 is 23.3 Å². The Balaban J connectivity index is 1.62. The number of ketones is 1. The zero-order valence-corrected chi connectivity index (χ0v) is 18.1. The molecule has 4 aromatic rings. The third-order valence-electron chi connectivity index (χ3n) is 5.27. The number of nitro benzene ring substituents is 1. The summed E-state index contributed by atoms with van der Waals surface area (Å²) in [4.78, 5) is 40.4. The van der Waals surface area contributed by atoms with Crippen LogP contribution in [0.1, 0.15) is 31.8 Å². The van der Waals surface area contributed by atoms with Gasteiger partial charge in [-0.05, 0) is 44.2 Å². The van der Waals surface area contributed by atoms with E-state index in [1.807, 2.05) is 56.3 Å². The average molecular weight is 440 g/mol. The van der Waals surface area contributed by atoms with E-state index in [1.54, 1.807) is 6.07 Å².